The molecule has 0 amide bonds. The van der Waals surface area contributed by atoms with Crippen molar-refractivity contribution in [2.45, 2.75) is 66.3 Å². The van der Waals surface area contributed by atoms with Crippen LogP contribution in [0.4, 0.5) is 0 Å². The minimum atomic E-state index is 0.263. The molecule has 1 nitrogen and oxygen atoms in total. The van der Waals surface area contributed by atoms with E-state index in [9.17, 15) is 0 Å². The van der Waals surface area contributed by atoms with E-state index in [4.69, 9.17) is 0 Å². The van der Waals surface area contributed by atoms with Crippen LogP contribution in [0, 0.1) is 11.8 Å². The van der Waals surface area contributed by atoms with E-state index >= 15 is 0 Å². The van der Waals surface area contributed by atoms with E-state index in [0.717, 1.165) is 11.8 Å². The molecular formula is C13H29N. The van der Waals surface area contributed by atoms with E-state index in [1.807, 2.05) is 0 Å². The first-order valence-corrected chi connectivity index (χ1v) is 6.15. The molecule has 0 radical (unpaired) electrons. The monoisotopic (exact) mass is 199 g/mol. The van der Waals surface area contributed by atoms with Gasteiger partial charge in [0.25, 0.3) is 0 Å². The Bertz CT molecular complexity index is 135. The fraction of sp³-hybridized carbons (Fsp3) is 1.00. The molecule has 0 aromatic rings. The summed E-state index contributed by atoms with van der Waals surface area (Å²) < 4.78 is 0. The van der Waals surface area contributed by atoms with Gasteiger partial charge in [0.1, 0.15) is 0 Å². The number of rotatable bonds is 6. The predicted octanol–water partition coefficient (Wildman–Crippen LogP) is 3.84. The van der Waals surface area contributed by atoms with E-state index in [0.29, 0.717) is 0 Å². The van der Waals surface area contributed by atoms with Crippen molar-refractivity contribution in [1.29, 1.82) is 0 Å². The molecule has 0 aliphatic rings. The maximum Gasteiger partial charge on any atom is 0.00966 e. The van der Waals surface area contributed by atoms with Gasteiger partial charge in [-0.2, -0.15) is 0 Å². The zero-order chi connectivity index (χ0) is 11.2. The Labute approximate surface area is 90.7 Å². The number of hydrogen-bond donors (Lipinski definition) is 1. The highest BCUT2D eigenvalue weighted by atomic mass is 14.9. The Kier molecular flexibility index (Phi) is 6.43. The molecule has 1 N–H and O–H groups in total. The minimum Gasteiger partial charge on any atom is -0.312 e. The molecule has 0 fully saturated rings. The quantitative estimate of drug-likeness (QED) is 0.685. The summed E-state index contributed by atoms with van der Waals surface area (Å²) in [6.07, 6.45) is 3.97. The molecule has 0 aliphatic carbocycles. The first-order chi connectivity index (χ1) is 6.40. The zero-order valence-electron chi connectivity index (χ0n) is 11.0. The van der Waals surface area contributed by atoms with Gasteiger partial charge in [-0.25, -0.2) is 0 Å². The second kappa shape index (κ2) is 6.44. The van der Waals surface area contributed by atoms with Gasteiger partial charge in [-0.1, -0.05) is 33.6 Å². The zero-order valence-corrected chi connectivity index (χ0v) is 11.0. The third kappa shape index (κ3) is 6.42. The molecule has 1 heteroatoms. The van der Waals surface area contributed by atoms with Crippen molar-refractivity contribution in [3.05, 3.63) is 0 Å². The van der Waals surface area contributed by atoms with Crippen LogP contribution >= 0.6 is 0 Å². The van der Waals surface area contributed by atoms with Gasteiger partial charge in [-0.05, 0) is 45.6 Å². The van der Waals surface area contributed by atoms with Crippen molar-refractivity contribution in [2.24, 2.45) is 11.8 Å². The SMILES string of the molecule is CCCC(CNC(C)(C)C)C(C)CC. The van der Waals surface area contributed by atoms with Crippen LogP contribution in [-0.2, 0) is 0 Å². The van der Waals surface area contributed by atoms with Gasteiger partial charge in [0, 0.05) is 5.54 Å². The molecule has 0 heterocycles. The molecule has 0 saturated heterocycles. The van der Waals surface area contributed by atoms with E-state index in [1.165, 1.54) is 25.8 Å². The van der Waals surface area contributed by atoms with Crippen LogP contribution in [0.2, 0.25) is 0 Å². The maximum absolute atomic E-state index is 3.62. The van der Waals surface area contributed by atoms with Crippen molar-refractivity contribution < 1.29 is 0 Å². The van der Waals surface area contributed by atoms with Gasteiger partial charge in [-0.3, -0.25) is 0 Å². The first-order valence-electron chi connectivity index (χ1n) is 6.15. The average molecular weight is 199 g/mol. The van der Waals surface area contributed by atoms with E-state index in [2.05, 4.69) is 46.9 Å². The lowest BCUT2D eigenvalue weighted by Crippen LogP contribution is -2.40. The van der Waals surface area contributed by atoms with Gasteiger partial charge < -0.3 is 5.32 Å². The third-order valence-electron chi connectivity index (χ3n) is 3.00. The predicted molar refractivity (Wildman–Crippen MR) is 65.6 cm³/mol. The Morgan fingerprint density at radius 2 is 1.71 bits per heavy atom. The van der Waals surface area contributed by atoms with Gasteiger partial charge in [0.2, 0.25) is 0 Å². The van der Waals surface area contributed by atoms with Gasteiger partial charge in [-0.15, -0.1) is 0 Å². The molecule has 2 atom stereocenters. The average Bonchev–Trinajstić information content (AvgIpc) is 2.09. The molecule has 0 aliphatic heterocycles. The van der Waals surface area contributed by atoms with E-state index in [-0.39, 0.29) is 5.54 Å². The van der Waals surface area contributed by atoms with Crippen LogP contribution in [0.25, 0.3) is 0 Å². The summed E-state index contributed by atoms with van der Waals surface area (Å²) in [6.45, 7) is 14.9. The van der Waals surface area contributed by atoms with Gasteiger partial charge in [0.05, 0.1) is 0 Å². The lowest BCUT2D eigenvalue weighted by atomic mass is 9.87. The topological polar surface area (TPSA) is 12.0 Å². The smallest absolute Gasteiger partial charge is 0.00966 e. The molecule has 0 saturated carbocycles. The Morgan fingerprint density at radius 3 is 2.07 bits per heavy atom. The summed E-state index contributed by atoms with van der Waals surface area (Å²) in [5, 5.41) is 3.62. The summed E-state index contributed by atoms with van der Waals surface area (Å²) in [6, 6.07) is 0. The Balaban J connectivity index is 3.96. The van der Waals surface area contributed by atoms with E-state index < -0.39 is 0 Å². The van der Waals surface area contributed by atoms with Gasteiger partial charge in [0.15, 0.2) is 0 Å². The minimum absolute atomic E-state index is 0.263. The van der Waals surface area contributed by atoms with E-state index in [1.54, 1.807) is 0 Å². The number of hydrogen-bond acceptors (Lipinski definition) is 1. The van der Waals surface area contributed by atoms with Crippen molar-refractivity contribution in [2.75, 3.05) is 6.54 Å². The largest absolute Gasteiger partial charge is 0.312 e. The molecule has 0 spiro atoms. The number of nitrogens with one attached hydrogen (secondary N) is 1. The summed E-state index contributed by atoms with van der Waals surface area (Å²) in [7, 11) is 0. The summed E-state index contributed by atoms with van der Waals surface area (Å²) in [5.41, 5.74) is 0.263. The van der Waals surface area contributed by atoms with Crippen molar-refractivity contribution in [3.63, 3.8) is 0 Å². The molecule has 0 bridgehead atoms. The fourth-order valence-corrected chi connectivity index (χ4v) is 1.73. The van der Waals surface area contributed by atoms with Gasteiger partial charge >= 0.3 is 0 Å². The second-order valence-electron chi connectivity index (χ2n) is 5.57. The highest BCUT2D eigenvalue weighted by Crippen LogP contribution is 2.20. The lowest BCUT2D eigenvalue weighted by molar-refractivity contribution is 0.278. The maximum atomic E-state index is 3.62. The summed E-state index contributed by atoms with van der Waals surface area (Å²) in [4.78, 5) is 0. The molecule has 2 unspecified atom stereocenters. The van der Waals surface area contributed by atoms with Crippen LogP contribution in [0.3, 0.4) is 0 Å². The van der Waals surface area contributed by atoms with Crippen molar-refractivity contribution in [1.82, 2.24) is 5.32 Å². The fourth-order valence-electron chi connectivity index (χ4n) is 1.73. The molecule has 86 valence electrons. The molecule has 0 rings (SSSR count). The van der Waals surface area contributed by atoms with Crippen LogP contribution in [0.15, 0.2) is 0 Å². The lowest BCUT2D eigenvalue weighted by Gasteiger charge is -2.28. The second-order valence-corrected chi connectivity index (χ2v) is 5.57. The molecule has 14 heavy (non-hydrogen) atoms. The highest BCUT2D eigenvalue weighted by Gasteiger charge is 2.17. The normalized spacial score (nSPS) is 16.7. The Morgan fingerprint density at radius 1 is 1.14 bits per heavy atom. The van der Waals surface area contributed by atoms with Crippen molar-refractivity contribution in [3.8, 4) is 0 Å². The Hall–Kier alpha value is -0.0400. The highest BCUT2D eigenvalue weighted by molar-refractivity contribution is 4.75. The first kappa shape index (κ1) is 14.0. The standard InChI is InChI=1S/C13H29N/c1-7-9-12(11(3)8-2)10-14-13(4,5)6/h11-12,14H,7-10H2,1-6H3. The van der Waals surface area contributed by atoms with Crippen LogP contribution in [-0.4, -0.2) is 12.1 Å². The van der Waals surface area contributed by atoms with Crippen LogP contribution in [0.1, 0.15) is 60.8 Å². The molecular weight excluding hydrogens is 170 g/mol. The molecule has 0 aromatic carbocycles. The summed E-state index contributed by atoms with van der Waals surface area (Å²) in [5.74, 6) is 1.70. The van der Waals surface area contributed by atoms with Crippen LogP contribution < -0.4 is 5.32 Å². The third-order valence-corrected chi connectivity index (χ3v) is 3.00. The summed E-state index contributed by atoms with van der Waals surface area (Å²) >= 11 is 0. The molecule has 0 aromatic heterocycles. The van der Waals surface area contributed by atoms with Crippen LogP contribution in [0.5, 0.6) is 0 Å². The van der Waals surface area contributed by atoms with Crippen molar-refractivity contribution >= 4 is 0 Å².